The van der Waals surface area contributed by atoms with Crippen LogP contribution in [0.2, 0.25) is 0 Å². The van der Waals surface area contributed by atoms with E-state index in [1.54, 1.807) is 30.1 Å². The summed E-state index contributed by atoms with van der Waals surface area (Å²) in [6.45, 7) is 3.58. The first-order valence-electron chi connectivity index (χ1n) is 6.97. The Kier molecular flexibility index (Phi) is 7.08. The second-order valence-corrected chi connectivity index (χ2v) is 5.34. The summed E-state index contributed by atoms with van der Waals surface area (Å²) < 4.78 is 13.8. The van der Waals surface area contributed by atoms with Crippen molar-refractivity contribution < 1.29 is 9.18 Å². The molecule has 0 saturated carbocycles. The number of hydrogen-bond donors (Lipinski definition) is 1. The maximum Gasteiger partial charge on any atom is 0.224 e. The van der Waals surface area contributed by atoms with Gasteiger partial charge in [-0.05, 0) is 19.1 Å². The number of benzene rings is 1. The molecule has 4 nitrogen and oxygen atoms in total. The molecular formula is C15H22FN3OS. The average Bonchev–Trinajstić information content (AvgIpc) is 2.46. The number of halogens is 1. The maximum absolute atomic E-state index is 13.8. The molecule has 0 heterocycles. The zero-order valence-corrected chi connectivity index (χ0v) is 13.3. The summed E-state index contributed by atoms with van der Waals surface area (Å²) in [6, 6.07) is 6.59. The SMILES string of the molecule is CCN(CCC(=O)N(C)CCC(N)=S)c1ccccc1F. The van der Waals surface area contributed by atoms with Gasteiger partial charge in [0.05, 0.1) is 10.7 Å². The van der Waals surface area contributed by atoms with E-state index in [9.17, 15) is 9.18 Å². The molecule has 6 heteroatoms. The van der Waals surface area contributed by atoms with Crippen molar-refractivity contribution in [2.75, 3.05) is 31.6 Å². The quantitative estimate of drug-likeness (QED) is 0.748. The molecule has 2 N–H and O–H groups in total. The molecule has 1 aromatic carbocycles. The standard InChI is InChI=1S/C15H22FN3OS/c1-3-19(13-7-5-4-6-12(13)16)11-9-15(20)18(2)10-8-14(17)21/h4-7H,3,8-11H2,1-2H3,(H2,17,21). The van der Waals surface area contributed by atoms with E-state index in [2.05, 4.69) is 0 Å². The minimum atomic E-state index is -0.270. The van der Waals surface area contributed by atoms with Gasteiger partial charge in [-0.25, -0.2) is 4.39 Å². The van der Waals surface area contributed by atoms with Gasteiger partial charge >= 0.3 is 0 Å². The van der Waals surface area contributed by atoms with E-state index in [-0.39, 0.29) is 11.7 Å². The lowest BCUT2D eigenvalue weighted by atomic mass is 10.2. The predicted octanol–water partition coefficient (Wildman–Crippen LogP) is 2.18. The summed E-state index contributed by atoms with van der Waals surface area (Å²) in [6.07, 6.45) is 0.846. The number of rotatable bonds is 8. The molecule has 116 valence electrons. The van der Waals surface area contributed by atoms with Crippen LogP contribution >= 0.6 is 12.2 Å². The zero-order valence-electron chi connectivity index (χ0n) is 12.5. The van der Waals surface area contributed by atoms with Crippen molar-refractivity contribution >= 4 is 28.8 Å². The lowest BCUT2D eigenvalue weighted by Gasteiger charge is -2.25. The predicted molar refractivity (Wildman–Crippen MR) is 87.9 cm³/mol. The first kappa shape index (κ1) is 17.4. The summed E-state index contributed by atoms with van der Waals surface area (Å²) >= 11 is 4.79. The van der Waals surface area contributed by atoms with Crippen molar-refractivity contribution in [2.24, 2.45) is 5.73 Å². The fourth-order valence-corrected chi connectivity index (χ4v) is 2.07. The number of thiocarbonyl (C=S) groups is 1. The maximum atomic E-state index is 13.8. The number of nitrogens with zero attached hydrogens (tertiary/aromatic N) is 2. The van der Waals surface area contributed by atoms with Gasteiger partial charge in [-0.3, -0.25) is 4.79 Å². The van der Waals surface area contributed by atoms with Crippen LogP contribution in [0, 0.1) is 5.82 Å². The van der Waals surface area contributed by atoms with E-state index in [0.29, 0.717) is 43.2 Å². The van der Waals surface area contributed by atoms with Gasteiger partial charge < -0.3 is 15.5 Å². The van der Waals surface area contributed by atoms with Crippen molar-refractivity contribution in [3.8, 4) is 0 Å². The molecule has 0 bridgehead atoms. The van der Waals surface area contributed by atoms with Crippen molar-refractivity contribution in [1.29, 1.82) is 0 Å². The normalized spacial score (nSPS) is 10.2. The number of hydrogen-bond acceptors (Lipinski definition) is 3. The minimum Gasteiger partial charge on any atom is -0.393 e. The summed E-state index contributed by atoms with van der Waals surface area (Å²) in [7, 11) is 1.72. The molecule has 0 unspecified atom stereocenters. The van der Waals surface area contributed by atoms with Gasteiger partial charge in [0, 0.05) is 39.5 Å². The molecule has 1 aromatic rings. The van der Waals surface area contributed by atoms with E-state index in [1.807, 2.05) is 11.8 Å². The van der Waals surface area contributed by atoms with Gasteiger partial charge in [-0.1, -0.05) is 24.4 Å². The Morgan fingerprint density at radius 3 is 2.52 bits per heavy atom. The van der Waals surface area contributed by atoms with Crippen LogP contribution < -0.4 is 10.6 Å². The first-order valence-corrected chi connectivity index (χ1v) is 7.38. The minimum absolute atomic E-state index is 0.000962. The van der Waals surface area contributed by atoms with E-state index < -0.39 is 0 Å². The third-order valence-corrected chi connectivity index (χ3v) is 3.49. The lowest BCUT2D eigenvalue weighted by molar-refractivity contribution is -0.129. The Bertz CT molecular complexity index is 496. The fraction of sp³-hybridized carbons (Fsp3) is 0.467. The largest absolute Gasteiger partial charge is 0.393 e. The molecule has 1 amide bonds. The Morgan fingerprint density at radius 1 is 1.29 bits per heavy atom. The number of anilines is 1. The third kappa shape index (κ3) is 5.67. The molecule has 0 fully saturated rings. The van der Waals surface area contributed by atoms with Gasteiger partial charge in [-0.2, -0.15) is 0 Å². The van der Waals surface area contributed by atoms with Crippen LogP contribution in [0.15, 0.2) is 24.3 Å². The highest BCUT2D eigenvalue weighted by molar-refractivity contribution is 7.80. The Balaban J connectivity index is 2.54. The molecule has 21 heavy (non-hydrogen) atoms. The van der Waals surface area contributed by atoms with E-state index in [0.717, 1.165) is 0 Å². The van der Waals surface area contributed by atoms with Crippen LogP contribution in [-0.2, 0) is 4.79 Å². The molecule has 0 atom stereocenters. The monoisotopic (exact) mass is 311 g/mol. The summed E-state index contributed by atoms with van der Waals surface area (Å²) in [5.41, 5.74) is 5.95. The van der Waals surface area contributed by atoms with Crippen LogP contribution in [0.25, 0.3) is 0 Å². The molecule has 0 aliphatic rings. The topological polar surface area (TPSA) is 49.6 Å². The first-order chi connectivity index (χ1) is 9.95. The number of amides is 1. The van der Waals surface area contributed by atoms with Crippen LogP contribution in [0.4, 0.5) is 10.1 Å². The second-order valence-electron chi connectivity index (χ2n) is 4.81. The van der Waals surface area contributed by atoms with E-state index in [1.165, 1.54) is 6.07 Å². The summed E-state index contributed by atoms with van der Waals surface area (Å²) in [5, 5.41) is 0. The molecular weight excluding hydrogens is 289 g/mol. The van der Waals surface area contributed by atoms with Crippen molar-refractivity contribution in [2.45, 2.75) is 19.8 Å². The zero-order chi connectivity index (χ0) is 15.8. The van der Waals surface area contributed by atoms with Crippen molar-refractivity contribution in [1.82, 2.24) is 4.90 Å². The Hall–Kier alpha value is -1.69. The highest BCUT2D eigenvalue weighted by atomic mass is 32.1. The molecule has 0 aliphatic carbocycles. The average molecular weight is 311 g/mol. The lowest BCUT2D eigenvalue weighted by Crippen LogP contribution is -2.34. The van der Waals surface area contributed by atoms with Gasteiger partial charge in [0.15, 0.2) is 0 Å². The molecule has 0 aliphatic heterocycles. The van der Waals surface area contributed by atoms with Gasteiger partial charge in [0.1, 0.15) is 5.82 Å². The van der Waals surface area contributed by atoms with Gasteiger partial charge in [0.25, 0.3) is 0 Å². The molecule has 0 aromatic heterocycles. The van der Waals surface area contributed by atoms with Crippen molar-refractivity contribution in [3.63, 3.8) is 0 Å². The second kappa shape index (κ2) is 8.56. The molecule has 0 saturated heterocycles. The highest BCUT2D eigenvalue weighted by Gasteiger charge is 2.13. The Labute approximate surface area is 130 Å². The van der Waals surface area contributed by atoms with Crippen LogP contribution in [0.3, 0.4) is 0 Å². The summed E-state index contributed by atoms with van der Waals surface area (Å²) in [5.74, 6) is -0.269. The highest BCUT2D eigenvalue weighted by Crippen LogP contribution is 2.18. The molecule has 0 spiro atoms. The summed E-state index contributed by atoms with van der Waals surface area (Å²) in [4.78, 5) is 15.9. The Morgan fingerprint density at radius 2 is 1.95 bits per heavy atom. The van der Waals surface area contributed by atoms with Crippen LogP contribution in [0.5, 0.6) is 0 Å². The third-order valence-electron chi connectivity index (χ3n) is 3.29. The van der Waals surface area contributed by atoms with Crippen LogP contribution in [0.1, 0.15) is 19.8 Å². The number of carbonyl (C=O) groups is 1. The smallest absolute Gasteiger partial charge is 0.224 e. The molecule has 1 rings (SSSR count). The van der Waals surface area contributed by atoms with E-state index >= 15 is 0 Å². The molecule has 0 radical (unpaired) electrons. The van der Waals surface area contributed by atoms with Gasteiger partial charge in [0.2, 0.25) is 5.91 Å². The number of nitrogens with two attached hydrogens (primary N) is 1. The fourth-order valence-electron chi connectivity index (χ4n) is 1.98. The van der Waals surface area contributed by atoms with Crippen LogP contribution in [-0.4, -0.2) is 42.5 Å². The van der Waals surface area contributed by atoms with Crippen molar-refractivity contribution in [3.05, 3.63) is 30.1 Å². The number of para-hydroxylation sites is 1. The number of carbonyl (C=O) groups excluding carboxylic acids is 1. The van der Waals surface area contributed by atoms with E-state index in [4.69, 9.17) is 18.0 Å². The van der Waals surface area contributed by atoms with Gasteiger partial charge in [-0.15, -0.1) is 0 Å².